The van der Waals surface area contributed by atoms with Gasteiger partial charge in [-0.2, -0.15) is 0 Å². The second-order valence-electron chi connectivity index (χ2n) is 3.70. The third kappa shape index (κ3) is 2.79. The number of nitrogens with one attached hydrogen (secondary N) is 1. The number of hydrogen-bond acceptors (Lipinski definition) is 3. The van der Waals surface area contributed by atoms with Crippen LogP contribution in [0.4, 0.5) is 5.69 Å². The van der Waals surface area contributed by atoms with Crippen molar-refractivity contribution in [2.24, 2.45) is 7.05 Å². The van der Waals surface area contributed by atoms with E-state index in [-0.39, 0.29) is 0 Å². The van der Waals surface area contributed by atoms with Crippen LogP contribution in [0.2, 0.25) is 0 Å². The molecule has 17 heavy (non-hydrogen) atoms. The van der Waals surface area contributed by atoms with Crippen LogP contribution in [0, 0.1) is 0 Å². The molecular weight excluding hydrogens is 282 g/mol. The highest BCUT2D eigenvalue weighted by Gasteiger charge is 2.02. The predicted molar refractivity (Wildman–Crippen MR) is 71.2 cm³/mol. The Hall–Kier alpha value is -1.49. The Kier molecular flexibility index (Phi) is 3.68. The molecule has 0 fully saturated rings. The molecule has 4 nitrogen and oxygen atoms in total. The molecule has 0 spiro atoms. The van der Waals surface area contributed by atoms with Gasteiger partial charge in [0.2, 0.25) is 0 Å². The van der Waals surface area contributed by atoms with Crippen molar-refractivity contribution in [3.63, 3.8) is 0 Å². The van der Waals surface area contributed by atoms with Crippen LogP contribution in [-0.2, 0) is 13.6 Å². The van der Waals surface area contributed by atoms with E-state index in [2.05, 4.69) is 26.2 Å². The second-order valence-corrected chi connectivity index (χ2v) is 4.55. The normalized spacial score (nSPS) is 10.3. The van der Waals surface area contributed by atoms with Gasteiger partial charge in [0.05, 0.1) is 30.1 Å². The van der Waals surface area contributed by atoms with Gasteiger partial charge in [-0.05, 0) is 28.1 Å². The molecule has 5 heteroatoms. The molecule has 0 unspecified atom stereocenters. The molecule has 2 rings (SSSR count). The topological polar surface area (TPSA) is 39.1 Å². The van der Waals surface area contributed by atoms with Crippen molar-refractivity contribution < 1.29 is 4.74 Å². The average molecular weight is 296 g/mol. The lowest BCUT2D eigenvalue weighted by Gasteiger charge is -2.09. The summed E-state index contributed by atoms with van der Waals surface area (Å²) in [4.78, 5) is 4.07. The monoisotopic (exact) mass is 295 g/mol. The number of rotatable bonds is 4. The third-order valence-corrected chi connectivity index (χ3v) is 3.20. The van der Waals surface area contributed by atoms with E-state index in [1.165, 1.54) is 0 Å². The number of ether oxygens (including phenoxy) is 1. The van der Waals surface area contributed by atoms with Gasteiger partial charge in [-0.25, -0.2) is 4.98 Å². The summed E-state index contributed by atoms with van der Waals surface area (Å²) in [5.74, 6) is 0.819. The molecule has 1 aromatic heterocycles. The van der Waals surface area contributed by atoms with Crippen LogP contribution in [0.3, 0.4) is 0 Å². The highest BCUT2D eigenvalue weighted by molar-refractivity contribution is 9.10. The van der Waals surface area contributed by atoms with E-state index in [0.29, 0.717) is 0 Å². The SMILES string of the molecule is COc1cc(NCc2cncn2C)ccc1Br. The minimum Gasteiger partial charge on any atom is -0.495 e. The third-order valence-electron chi connectivity index (χ3n) is 2.54. The zero-order valence-corrected chi connectivity index (χ0v) is 11.4. The Bertz CT molecular complexity index is 510. The first-order valence-electron chi connectivity index (χ1n) is 5.23. The van der Waals surface area contributed by atoms with Crippen molar-refractivity contribution in [2.75, 3.05) is 12.4 Å². The van der Waals surface area contributed by atoms with Gasteiger partial charge in [-0.3, -0.25) is 0 Å². The summed E-state index contributed by atoms with van der Waals surface area (Å²) < 4.78 is 8.18. The van der Waals surface area contributed by atoms with Crippen LogP contribution in [0.5, 0.6) is 5.75 Å². The van der Waals surface area contributed by atoms with Crippen molar-refractivity contribution in [1.29, 1.82) is 0 Å². The van der Waals surface area contributed by atoms with Crippen LogP contribution >= 0.6 is 15.9 Å². The molecule has 0 aliphatic heterocycles. The number of anilines is 1. The van der Waals surface area contributed by atoms with Crippen LogP contribution in [-0.4, -0.2) is 16.7 Å². The number of aromatic nitrogens is 2. The molecule has 0 saturated carbocycles. The van der Waals surface area contributed by atoms with Crippen molar-refractivity contribution in [2.45, 2.75) is 6.54 Å². The number of aryl methyl sites for hydroxylation is 1. The zero-order valence-electron chi connectivity index (χ0n) is 9.77. The van der Waals surface area contributed by atoms with Crippen LogP contribution < -0.4 is 10.1 Å². The fourth-order valence-electron chi connectivity index (χ4n) is 1.52. The molecule has 90 valence electrons. The molecule has 0 aliphatic rings. The standard InChI is InChI=1S/C12H14BrN3O/c1-16-8-14-6-10(16)7-15-9-3-4-11(13)12(5-9)17-2/h3-6,8,15H,7H2,1-2H3. The van der Waals surface area contributed by atoms with Crippen molar-refractivity contribution in [3.8, 4) is 5.75 Å². The second kappa shape index (κ2) is 5.23. The molecule has 1 aromatic carbocycles. The molecule has 1 heterocycles. The first-order valence-corrected chi connectivity index (χ1v) is 6.02. The maximum Gasteiger partial charge on any atom is 0.135 e. The molecule has 0 amide bonds. The maximum atomic E-state index is 5.24. The number of nitrogens with zero attached hydrogens (tertiary/aromatic N) is 2. The summed E-state index contributed by atoms with van der Waals surface area (Å²) in [6.45, 7) is 0.737. The van der Waals surface area contributed by atoms with E-state index in [1.807, 2.05) is 36.0 Å². The summed E-state index contributed by atoms with van der Waals surface area (Å²) in [5, 5.41) is 3.33. The van der Waals surface area contributed by atoms with E-state index in [0.717, 1.165) is 28.1 Å². The summed E-state index contributed by atoms with van der Waals surface area (Å²) in [6, 6.07) is 5.92. The first kappa shape index (κ1) is 12.0. The maximum absolute atomic E-state index is 5.24. The summed E-state index contributed by atoms with van der Waals surface area (Å²) in [5.41, 5.74) is 2.15. The number of methoxy groups -OCH3 is 1. The first-order chi connectivity index (χ1) is 8.20. The number of imidazole rings is 1. The lowest BCUT2D eigenvalue weighted by molar-refractivity contribution is 0.412. The summed E-state index contributed by atoms with van der Waals surface area (Å²) >= 11 is 3.43. The molecule has 0 atom stereocenters. The lowest BCUT2D eigenvalue weighted by Crippen LogP contribution is -2.04. The molecule has 0 radical (unpaired) electrons. The number of halogens is 1. The summed E-state index contributed by atoms with van der Waals surface area (Å²) in [6.07, 6.45) is 3.64. The minimum atomic E-state index is 0.737. The molecule has 0 saturated heterocycles. The largest absolute Gasteiger partial charge is 0.495 e. The van der Waals surface area contributed by atoms with Gasteiger partial charge < -0.3 is 14.6 Å². The highest BCUT2D eigenvalue weighted by atomic mass is 79.9. The lowest BCUT2D eigenvalue weighted by atomic mass is 10.3. The Morgan fingerprint density at radius 2 is 2.29 bits per heavy atom. The smallest absolute Gasteiger partial charge is 0.135 e. The van der Waals surface area contributed by atoms with Gasteiger partial charge in [0.15, 0.2) is 0 Å². The van der Waals surface area contributed by atoms with Crippen LogP contribution in [0.15, 0.2) is 35.2 Å². The predicted octanol–water partition coefficient (Wildman–Crippen LogP) is 2.80. The molecule has 2 aromatic rings. The molecule has 0 bridgehead atoms. The Morgan fingerprint density at radius 1 is 1.47 bits per heavy atom. The fraction of sp³-hybridized carbons (Fsp3) is 0.250. The molecule has 0 aliphatic carbocycles. The van der Waals surface area contributed by atoms with E-state index in [1.54, 1.807) is 13.4 Å². The highest BCUT2D eigenvalue weighted by Crippen LogP contribution is 2.27. The van der Waals surface area contributed by atoms with Gasteiger partial charge in [0, 0.05) is 25.0 Å². The van der Waals surface area contributed by atoms with E-state index in [9.17, 15) is 0 Å². The van der Waals surface area contributed by atoms with Gasteiger partial charge in [0.25, 0.3) is 0 Å². The molecular formula is C12H14BrN3O. The van der Waals surface area contributed by atoms with Gasteiger partial charge in [-0.15, -0.1) is 0 Å². The van der Waals surface area contributed by atoms with Crippen LogP contribution in [0.1, 0.15) is 5.69 Å². The van der Waals surface area contributed by atoms with Crippen molar-refractivity contribution >= 4 is 21.6 Å². The number of hydrogen-bond donors (Lipinski definition) is 1. The Balaban J connectivity index is 2.07. The average Bonchev–Trinajstić information content (AvgIpc) is 2.74. The Morgan fingerprint density at radius 3 is 2.94 bits per heavy atom. The molecule has 1 N–H and O–H groups in total. The Labute approximate surface area is 109 Å². The number of benzene rings is 1. The van der Waals surface area contributed by atoms with Crippen LogP contribution in [0.25, 0.3) is 0 Å². The minimum absolute atomic E-state index is 0.737. The van der Waals surface area contributed by atoms with Gasteiger partial charge in [-0.1, -0.05) is 0 Å². The zero-order chi connectivity index (χ0) is 12.3. The van der Waals surface area contributed by atoms with Crippen molar-refractivity contribution in [1.82, 2.24) is 9.55 Å². The fourth-order valence-corrected chi connectivity index (χ4v) is 1.93. The summed E-state index contributed by atoms with van der Waals surface area (Å²) in [7, 11) is 3.64. The van der Waals surface area contributed by atoms with E-state index < -0.39 is 0 Å². The van der Waals surface area contributed by atoms with Gasteiger partial charge in [0.1, 0.15) is 5.75 Å². The quantitative estimate of drug-likeness (QED) is 0.943. The van der Waals surface area contributed by atoms with Crippen molar-refractivity contribution in [3.05, 3.63) is 40.9 Å². The van der Waals surface area contributed by atoms with Gasteiger partial charge >= 0.3 is 0 Å². The van der Waals surface area contributed by atoms with E-state index in [4.69, 9.17) is 4.74 Å². The van der Waals surface area contributed by atoms with E-state index >= 15 is 0 Å².